The summed E-state index contributed by atoms with van der Waals surface area (Å²) in [7, 11) is 0. The summed E-state index contributed by atoms with van der Waals surface area (Å²) < 4.78 is 11.2. The lowest BCUT2D eigenvalue weighted by Gasteiger charge is -2.23. The Balaban J connectivity index is 2.29. The molecule has 36 heavy (non-hydrogen) atoms. The molecule has 0 saturated carbocycles. The van der Waals surface area contributed by atoms with Crippen LogP contribution in [0.3, 0.4) is 0 Å². The number of carbonyl (C=O) groups is 2. The smallest absolute Gasteiger partial charge is 0.337 e. The van der Waals surface area contributed by atoms with Gasteiger partial charge in [0.05, 0.1) is 20.6 Å². The average molecular weight is 631 g/mol. The standard InChI is InChI=1S/C24H24ClIN2O8/c1-5-10-27(11-6-7-21(29)35-24(2,3)4)36-20-14-16(13-17(22(20)26)23(30)31)34-19-9-8-15(25)12-18(19)28(32)33/h1,8-9,12-14H,6-7,10-11H2,2-4H3,(H,30,31). The van der Waals surface area contributed by atoms with E-state index in [0.717, 1.165) is 6.07 Å². The maximum Gasteiger partial charge on any atom is 0.337 e. The first kappa shape index (κ1) is 29.2. The van der Waals surface area contributed by atoms with Crippen molar-refractivity contribution in [1.82, 2.24) is 5.06 Å². The minimum atomic E-state index is -1.26. The van der Waals surface area contributed by atoms with Crippen molar-refractivity contribution < 1.29 is 33.9 Å². The number of halogens is 2. The number of carbonyl (C=O) groups excluding carboxylic acids is 1. The van der Waals surface area contributed by atoms with E-state index in [2.05, 4.69) is 5.92 Å². The van der Waals surface area contributed by atoms with Gasteiger partial charge in [0.25, 0.3) is 0 Å². The average Bonchev–Trinajstić information content (AvgIpc) is 2.75. The fourth-order valence-electron chi connectivity index (χ4n) is 2.89. The zero-order valence-corrected chi connectivity index (χ0v) is 22.7. The van der Waals surface area contributed by atoms with E-state index in [1.54, 1.807) is 20.8 Å². The van der Waals surface area contributed by atoms with Crippen molar-refractivity contribution in [3.63, 3.8) is 0 Å². The molecule has 0 aliphatic heterocycles. The summed E-state index contributed by atoms with van der Waals surface area (Å²) in [6.07, 6.45) is 5.94. The topological polar surface area (TPSA) is 128 Å². The summed E-state index contributed by atoms with van der Waals surface area (Å²) in [5.74, 6) is 0.784. The molecule has 0 saturated heterocycles. The number of esters is 1. The molecule has 2 aromatic carbocycles. The summed E-state index contributed by atoms with van der Waals surface area (Å²) in [6, 6.07) is 6.46. The first-order chi connectivity index (χ1) is 16.8. The number of carboxylic acid groups (broad SMARTS) is 1. The van der Waals surface area contributed by atoms with Gasteiger partial charge in [-0.15, -0.1) is 11.5 Å². The van der Waals surface area contributed by atoms with Crippen molar-refractivity contribution in [2.24, 2.45) is 0 Å². The molecule has 12 heteroatoms. The number of carboxylic acids is 1. The highest BCUT2D eigenvalue weighted by atomic mass is 127. The number of rotatable bonds is 11. The monoisotopic (exact) mass is 630 g/mol. The number of terminal acetylenes is 1. The molecule has 2 aromatic rings. The largest absolute Gasteiger partial charge is 0.478 e. The first-order valence-corrected chi connectivity index (χ1v) is 12.0. The van der Waals surface area contributed by atoms with Crippen LogP contribution in [0.25, 0.3) is 0 Å². The van der Waals surface area contributed by atoms with Gasteiger partial charge >= 0.3 is 17.6 Å². The molecule has 0 atom stereocenters. The number of hydroxylamine groups is 2. The lowest BCUT2D eigenvalue weighted by Crippen LogP contribution is -2.30. The zero-order chi connectivity index (χ0) is 27.0. The molecule has 2 rings (SSSR count). The Morgan fingerprint density at radius 2 is 1.94 bits per heavy atom. The molecule has 0 unspecified atom stereocenters. The number of hydrogen-bond donors (Lipinski definition) is 1. The van der Waals surface area contributed by atoms with Crippen molar-refractivity contribution in [1.29, 1.82) is 0 Å². The second kappa shape index (κ2) is 12.8. The van der Waals surface area contributed by atoms with Crippen LogP contribution in [0.15, 0.2) is 30.3 Å². The van der Waals surface area contributed by atoms with Gasteiger partial charge in [0.1, 0.15) is 11.4 Å². The van der Waals surface area contributed by atoms with Crippen molar-refractivity contribution in [3.05, 3.63) is 54.6 Å². The van der Waals surface area contributed by atoms with Crippen LogP contribution in [-0.4, -0.2) is 45.7 Å². The van der Waals surface area contributed by atoms with Gasteiger partial charge in [-0.25, -0.2) is 4.79 Å². The van der Waals surface area contributed by atoms with E-state index < -0.39 is 22.2 Å². The van der Waals surface area contributed by atoms with Crippen LogP contribution in [0.5, 0.6) is 17.2 Å². The van der Waals surface area contributed by atoms with Gasteiger partial charge in [-0.2, -0.15) is 0 Å². The Kier molecular flexibility index (Phi) is 10.3. The molecule has 0 aliphatic rings. The number of nitrogens with zero attached hydrogens (tertiary/aromatic N) is 2. The van der Waals surface area contributed by atoms with E-state index in [0.29, 0.717) is 6.42 Å². The molecule has 0 spiro atoms. The summed E-state index contributed by atoms with van der Waals surface area (Å²) in [5.41, 5.74) is -1.14. The minimum Gasteiger partial charge on any atom is -0.478 e. The highest BCUT2D eigenvalue weighted by Crippen LogP contribution is 2.37. The summed E-state index contributed by atoms with van der Waals surface area (Å²) >= 11 is 7.66. The molecule has 1 N–H and O–H groups in total. The van der Waals surface area contributed by atoms with Gasteiger partial charge < -0.3 is 19.4 Å². The Morgan fingerprint density at radius 3 is 2.53 bits per heavy atom. The third kappa shape index (κ3) is 8.85. The molecule has 0 radical (unpaired) electrons. The maximum atomic E-state index is 12.0. The third-order valence-electron chi connectivity index (χ3n) is 4.29. The van der Waals surface area contributed by atoms with Crippen molar-refractivity contribution in [3.8, 4) is 29.6 Å². The number of benzene rings is 2. The van der Waals surface area contributed by atoms with Gasteiger partial charge in [-0.1, -0.05) is 17.5 Å². The van der Waals surface area contributed by atoms with E-state index in [-0.39, 0.29) is 56.9 Å². The predicted molar refractivity (Wildman–Crippen MR) is 140 cm³/mol. The number of hydrogen-bond acceptors (Lipinski definition) is 8. The predicted octanol–water partition coefficient (Wildman–Crippen LogP) is 5.69. The fraction of sp³-hybridized carbons (Fsp3) is 0.333. The van der Waals surface area contributed by atoms with Crippen LogP contribution in [0.4, 0.5) is 5.69 Å². The van der Waals surface area contributed by atoms with Crippen LogP contribution < -0.4 is 9.57 Å². The zero-order valence-electron chi connectivity index (χ0n) is 19.7. The molecule has 10 nitrogen and oxygen atoms in total. The molecule has 0 aliphatic carbocycles. The minimum absolute atomic E-state index is 0.0114. The van der Waals surface area contributed by atoms with Gasteiger partial charge in [0.15, 0.2) is 5.75 Å². The molecular weight excluding hydrogens is 607 g/mol. The van der Waals surface area contributed by atoms with Crippen molar-refractivity contribution >= 4 is 51.8 Å². The highest BCUT2D eigenvalue weighted by Gasteiger charge is 2.22. The quantitative estimate of drug-likeness (QED) is 0.109. The number of nitro groups is 1. The molecule has 0 fully saturated rings. The Hall–Kier alpha value is -3.08. The highest BCUT2D eigenvalue weighted by molar-refractivity contribution is 14.1. The molecule has 0 bridgehead atoms. The van der Waals surface area contributed by atoms with Gasteiger partial charge in [-0.3, -0.25) is 14.9 Å². The number of nitro benzene ring substituents is 1. The van der Waals surface area contributed by atoms with E-state index in [1.807, 2.05) is 22.6 Å². The number of ether oxygens (including phenoxy) is 2. The fourth-order valence-corrected chi connectivity index (χ4v) is 3.70. The maximum absolute atomic E-state index is 12.0. The van der Waals surface area contributed by atoms with Crippen LogP contribution >= 0.6 is 34.2 Å². The summed E-state index contributed by atoms with van der Waals surface area (Å²) in [6.45, 7) is 5.60. The second-order valence-electron chi connectivity index (χ2n) is 8.41. The van der Waals surface area contributed by atoms with Gasteiger partial charge in [0.2, 0.25) is 5.75 Å². The van der Waals surface area contributed by atoms with Crippen molar-refractivity contribution in [2.45, 2.75) is 39.2 Å². The Labute approximate surface area is 226 Å². The second-order valence-corrected chi connectivity index (χ2v) is 9.92. The van der Waals surface area contributed by atoms with E-state index in [4.69, 9.17) is 32.3 Å². The van der Waals surface area contributed by atoms with E-state index in [9.17, 15) is 24.8 Å². The molecule has 0 amide bonds. The lowest BCUT2D eigenvalue weighted by molar-refractivity contribution is -0.385. The first-order valence-electron chi connectivity index (χ1n) is 10.6. The van der Waals surface area contributed by atoms with Crippen LogP contribution in [0.2, 0.25) is 5.02 Å². The van der Waals surface area contributed by atoms with E-state index >= 15 is 0 Å². The van der Waals surface area contributed by atoms with Crippen LogP contribution in [0.1, 0.15) is 44.0 Å². The molecular formula is C24H24ClIN2O8. The molecule has 0 heterocycles. The number of aromatic carboxylic acids is 1. The summed E-state index contributed by atoms with van der Waals surface area (Å²) in [5, 5.41) is 22.6. The van der Waals surface area contributed by atoms with Gasteiger partial charge in [-0.05, 0) is 68.0 Å². The normalized spacial score (nSPS) is 11.0. The van der Waals surface area contributed by atoms with Crippen LogP contribution in [0, 0.1) is 26.0 Å². The van der Waals surface area contributed by atoms with Crippen molar-refractivity contribution in [2.75, 3.05) is 13.1 Å². The SMILES string of the molecule is C#CCN(CCCC(=O)OC(C)(C)C)Oc1cc(Oc2ccc(Cl)cc2[N+](=O)[O-])cc(C(=O)O)c1I. The van der Waals surface area contributed by atoms with E-state index in [1.165, 1.54) is 29.3 Å². The molecule has 0 aromatic heterocycles. The Bertz CT molecular complexity index is 1190. The van der Waals surface area contributed by atoms with Gasteiger partial charge in [0, 0.05) is 30.1 Å². The molecule has 192 valence electrons. The van der Waals surface area contributed by atoms with Crippen LogP contribution in [-0.2, 0) is 9.53 Å². The third-order valence-corrected chi connectivity index (χ3v) is 5.64. The lowest BCUT2D eigenvalue weighted by atomic mass is 10.2. The Morgan fingerprint density at radius 1 is 1.25 bits per heavy atom. The summed E-state index contributed by atoms with van der Waals surface area (Å²) in [4.78, 5) is 40.4.